The van der Waals surface area contributed by atoms with Gasteiger partial charge in [0.15, 0.2) is 0 Å². The third-order valence-electron chi connectivity index (χ3n) is 5.06. The van der Waals surface area contributed by atoms with Crippen LogP contribution in [-0.2, 0) is 14.2 Å². The molecular formula is C23H48O5. The predicted molar refractivity (Wildman–Crippen MR) is 116 cm³/mol. The first kappa shape index (κ1) is 27.8. The molecule has 0 amide bonds. The molecule has 0 saturated heterocycles. The number of hydrogen-bond donors (Lipinski definition) is 2. The fourth-order valence-corrected chi connectivity index (χ4v) is 3.23. The van der Waals surface area contributed by atoms with Crippen molar-refractivity contribution in [2.75, 3.05) is 33.0 Å². The Labute approximate surface area is 174 Å². The number of ether oxygens (including phenoxy) is 3. The molecule has 170 valence electrons. The van der Waals surface area contributed by atoms with Crippen LogP contribution in [-0.4, -0.2) is 61.6 Å². The summed E-state index contributed by atoms with van der Waals surface area (Å²) in [4.78, 5) is 0. The first-order valence-electron chi connectivity index (χ1n) is 11.8. The Bertz CT molecular complexity index is 279. The Morgan fingerprint density at radius 2 is 0.857 bits per heavy atom. The van der Waals surface area contributed by atoms with Gasteiger partial charge in [-0.15, -0.1) is 0 Å². The lowest BCUT2D eigenvalue weighted by Gasteiger charge is -2.32. The van der Waals surface area contributed by atoms with E-state index in [2.05, 4.69) is 20.8 Å². The molecule has 28 heavy (non-hydrogen) atoms. The molecule has 1 unspecified atom stereocenters. The highest BCUT2D eigenvalue weighted by atomic mass is 16.6. The Morgan fingerprint density at radius 3 is 1.18 bits per heavy atom. The maximum atomic E-state index is 9.88. The highest BCUT2D eigenvalue weighted by Crippen LogP contribution is 2.16. The monoisotopic (exact) mass is 404 g/mol. The molecule has 0 aromatic rings. The normalized spacial score (nSPS) is 14.9. The average molecular weight is 405 g/mol. The van der Waals surface area contributed by atoms with E-state index in [-0.39, 0.29) is 13.2 Å². The minimum absolute atomic E-state index is 0.122. The molecule has 5 nitrogen and oxygen atoms in total. The number of hydrogen-bond acceptors (Lipinski definition) is 5. The SMILES string of the molecule is CCCCCCOC([C@H](CO)OCCCCCC)[C@@H](CO)OCCCCCC. The quantitative estimate of drug-likeness (QED) is 0.252. The average Bonchev–Trinajstić information content (AvgIpc) is 2.71. The molecule has 0 bridgehead atoms. The molecule has 0 spiro atoms. The van der Waals surface area contributed by atoms with Crippen LogP contribution in [0.2, 0.25) is 0 Å². The lowest BCUT2D eigenvalue weighted by Crippen LogP contribution is -2.47. The molecule has 5 heteroatoms. The molecule has 3 atom stereocenters. The third kappa shape index (κ3) is 14.7. The first-order valence-corrected chi connectivity index (χ1v) is 11.8. The van der Waals surface area contributed by atoms with E-state index in [9.17, 15) is 10.2 Å². The summed E-state index contributed by atoms with van der Waals surface area (Å²) in [5.41, 5.74) is 0. The number of rotatable bonds is 22. The summed E-state index contributed by atoms with van der Waals surface area (Å²) in [6.07, 6.45) is 12.1. The van der Waals surface area contributed by atoms with Gasteiger partial charge in [-0.3, -0.25) is 0 Å². The zero-order valence-corrected chi connectivity index (χ0v) is 18.9. The van der Waals surface area contributed by atoms with E-state index in [1.54, 1.807) is 0 Å². The minimum Gasteiger partial charge on any atom is -0.394 e. The van der Waals surface area contributed by atoms with Crippen LogP contribution in [0.25, 0.3) is 0 Å². The van der Waals surface area contributed by atoms with Gasteiger partial charge in [0.1, 0.15) is 18.3 Å². The second-order valence-corrected chi connectivity index (χ2v) is 7.70. The van der Waals surface area contributed by atoms with Crippen molar-refractivity contribution in [3.63, 3.8) is 0 Å². The smallest absolute Gasteiger partial charge is 0.114 e. The van der Waals surface area contributed by atoms with Crippen LogP contribution in [0.4, 0.5) is 0 Å². The second kappa shape index (κ2) is 21.5. The summed E-state index contributed by atoms with van der Waals surface area (Å²) < 4.78 is 18.0. The van der Waals surface area contributed by atoms with Gasteiger partial charge < -0.3 is 24.4 Å². The van der Waals surface area contributed by atoms with Gasteiger partial charge in [0.25, 0.3) is 0 Å². The van der Waals surface area contributed by atoms with E-state index in [4.69, 9.17) is 14.2 Å². The van der Waals surface area contributed by atoms with Crippen LogP contribution in [0.15, 0.2) is 0 Å². The molecule has 0 heterocycles. The maximum absolute atomic E-state index is 9.88. The van der Waals surface area contributed by atoms with Gasteiger partial charge in [-0.05, 0) is 19.3 Å². The Morgan fingerprint density at radius 1 is 0.500 bits per heavy atom. The predicted octanol–water partition coefficient (Wildman–Crippen LogP) is 4.87. The van der Waals surface area contributed by atoms with Gasteiger partial charge in [0.2, 0.25) is 0 Å². The summed E-state index contributed by atoms with van der Waals surface area (Å²) in [6.45, 7) is 8.13. The van der Waals surface area contributed by atoms with Crippen LogP contribution in [0, 0.1) is 0 Å². The zero-order chi connectivity index (χ0) is 20.9. The van der Waals surface area contributed by atoms with Crippen LogP contribution in [0.3, 0.4) is 0 Å². The van der Waals surface area contributed by atoms with Gasteiger partial charge in [0.05, 0.1) is 13.2 Å². The molecule has 0 saturated carbocycles. The van der Waals surface area contributed by atoms with Gasteiger partial charge >= 0.3 is 0 Å². The van der Waals surface area contributed by atoms with Crippen molar-refractivity contribution < 1.29 is 24.4 Å². The molecule has 0 aromatic carbocycles. The molecule has 0 aliphatic heterocycles. The van der Waals surface area contributed by atoms with Crippen LogP contribution in [0.1, 0.15) is 97.8 Å². The summed E-state index contributed by atoms with van der Waals surface area (Å²) in [5, 5.41) is 19.8. The van der Waals surface area contributed by atoms with Crippen molar-refractivity contribution in [2.45, 2.75) is 116 Å². The maximum Gasteiger partial charge on any atom is 0.114 e. The van der Waals surface area contributed by atoms with Gasteiger partial charge in [-0.25, -0.2) is 0 Å². The molecule has 0 radical (unpaired) electrons. The molecular weight excluding hydrogens is 356 g/mol. The Hall–Kier alpha value is -0.200. The fraction of sp³-hybridized carbons (Fsp3) is 1.00. The van der Waals surface area contributed by atoms with Crippen LogP contribution in [0.5, 0.6) is 0 Å². The Balaban J connectivity index is 4.62. The van der Waals surface area contributed by atoms with Crippen molar-refractivity contribution in [3.8, 4) is 0 Å². The van der Waals surface area contributed by atoms with Crippen molar-refractivity contribution in [1.82, 2.24) is 0 Å². The van der Waals surface area contributed by atoms with E-state index in [1.165, 1.54) is 38.5 Å². The summed E-state index contributed by atoms with van der Waals surface area (Å²) in [6, 6.07) is 0. The largest absolute Gasteiger partial charge is 0.394 e. The van der Waals surface area contributed by atoms with Crippen LogP contribution >= 0.6 is 0 Å². The summed E-state index contributed by atoms with van der Waals surface area (Å²) in [7, 11) is 0. The Kier molecular flexibility index (Phi) is 21.4. The number of unbranched alkanes of at least 4 members (excludes halogenated alkanes) is 9. The van der Waals surface area contributed by atoms with E-state index in [0.717, 1.165) is 38.5 Å². The third-order valence-corrected chi connectivity index (χ3v) is 5.06. The van der Waals surface area contributed by atoms with Crippen molar-refractivity contribution >= 4 is 0 Å². The van der Waals surface area contributed by atoms with Gasteiger partial charge in [-0.1, -0.05) is 78.6 Å². The van der Waals surface area contributed by atoms with E-state index >= 15 is 0 Å². The standard InChI is InChI=1S/C23H48O5/c1-4-7-10-13-16-26-21(19-24)23(28-18-15-12-9-6-3)22(20-25)27-17-14-11-8-5-2/h21-25H,4-20H2,1-3H3/t21-,22+,23?. The molecule has 0 rings (SSSR count). The van der Waals surface area contributed by atoms with E-state index < -0.39 is 18.3 Å². The minimum atomic E-state index is -0.458. The van der Waals surface area contributed by atoms with Crippen LogP contribution < -0.4 is 0 Å². The number of aliphatic hydroxyl groups excluding tert-OH is 2. The second-order valence-electron chi connectivity index (χ2n) is 7.70. The highest BCUT2D eigenvalue weighted by molar-refractivity contribution is 4.79. The zero-order valence-electron chi connectivity index (χ0n) is 18.9. The molecule has 0 aliphatic carbocycles. The fourth-order valence-electron chi connectivity index (χ4n) is 3.23. The molecule has 0 aromatic heterocycles. The van der Waals surface area contributed by atoms with E-state index in [1.807, 2.05) is 0 Å². The lowest BCUT2D eigenvalue weighted by atomic mass is 10.1. The molecule has 2 N–H and O–H groups in total. The highest BCUT2D eigenvalue weighted by Gasteiger charge is 2.31. The lowest BCUT2D eigenvalue weighted by molar-refractivity contribution is -0.160. The molecule has 0 aliphatic rings. The topological polar surface area (TPSA) is 68.2 Å². The summed E-state index contributed by atoms with van der Waals surface area (Å²) >= 11 is 0. The molecule has 0 fully saturated rings. The van der Waals surface area contributed by atoms with Gasteiger partial charge in [-0.2, -0.15) is 0 Å². The van der Waals surface area contributed by atoms with Gasteiger partial charge in [0, 0.05) is 19.8 Å². The van der Waals surface area contributed by atoms with E-state index in [0.29, 0.717) is 19.8 Å². The first-order chi connectivity index (χ1) is 13.7. The van der Waals surface area contributed by atoms with Crippen molar-refractivity contribution in [3.05, 3.63) is 0 Å². The van der Waals surface area contributed by atoms with Crippen molar-refractivity contribution in [2.24, 2.45) is 0 Å². The summed E-state index contributed by atoms with van der Waals surface area (Å²) in [5.74, 6) is 0. The number of aliphatic hydroxyl groups is 2. The van der Waals surface area contributed by atoms with Crippen molar-refractivity contribution in [1.29, 1.82) is 0 Å².